The number of ether oxygens (including phenoxy) is 4. The van der Waals surface area contributed by atoms with Gasteiger partial charge in [0.1, 0.15) is 23.6 Å². The van der Waals surface area contributed by atoms with E-state index < -0.39 is 50.6 Å². The van der Waals surface area contributed by atoms with Gasteiger partial charge in [0, 0.05) is 11.1 Å². The van der Waals surface area contributed by atoms with Gasteiger partial charge in [0.15, 0.2) is 9.84 Å². The molecule has 4 aromatic rings. The van der Waals surface area contributed by atoms with Crippen LogP contribution in [0.15, 0.2) is 82.6 Å². The first-order valence-corrected chi connectivity index (χ1v) is 17.1. The summed E-state index contributed by atoms with van der Waals surface area (Å²) in [5.74, 6) is -0.189. The van der Waals surface area contributed by atoms with Crippen LogP contribution in [0.2, 0.25) is 0 Å². The van der Waals surface area contributed by atoms with Crippen molar-refractivity contribution >= 4 is 42.8 Å². The number of fused-ring (bicyclic) bond motifs is 1. The predicted octanol–water partition coefficient (Wildman–Crippen LogP) is 4.78. The van der Waals surface area contributed by atoms with Crippen LogP contribution in [0.25, 0.3) is 10.9 Å². The van der Waals surface area contributed by atoms with Crippen molar-refractivity contribution in [2.45, 2.75) is 48.5 Å². The molecular weight excluding hydrogens is 636 g/mol. The molecule has 1 aromatic heterocycles. The minimum absolute atomic E-state index is 0.108. The Bertz CT molecular complexity index is 1940. The van der Waals surface area contributed by atoms with Gasteiger partial charge in [-0.15, -0.1) is 0 Å². The van der Waals surface area contributed by atoms with Gasteiger partial charge in [-0.2, -0.15) is 4.31 Å². The maximum absolute atomic E-state index is 13.8. The van der Waals surface area contributed by atoms with E-state index in [0.717, 1.165) is 11.4 Å². The first kappa shape index (κ1) is 34.5. The summed E-state index contributed by atoms with van der Waals surface area (Å²) in [6.45, 7) is 4.01. The molecule has 4 rings (SSSR count). The van der Waals surface area contributed by atoms with Gasteiger partial charge in [0.25, 0.3) is 0 Å². The van der Waals surface area contributed by atoms with Crippen molar-refractivity contribution in [3.63, 3.8) is 0 Å². The van der Waals surface area contributed by atoms with Crippen molar-refractivity contribution in [2.75, 3.05) is 27.9 Å². The van der Waals surface area contributed by atoms with Gasteiger partial charge >= 0.3 is 12.1 Å². The summed E-state index contributed by atoms with van der Waals surface area (Å²) in [6.07, 6.45) is -0.782. The van der Waals surface area contributed by atoms with Gasteiger partial charge < -0.3 is 18.9 Å². The van der Waals surface area contributed by atoms with Gasteiger partial charge in [-0.3, -0.25) is 4.79 Å². The van der Waals surface area contributed by atoms with Gasteiger partial charge in [-0.05, 0) is 93.1 Å². The second-order valence-corrected chi connectivity index (χ2v) is 15.2. The van der Waals surface area contributed by atoms with Gasteiger partial charge in [0.05, 0.1) is 48.9 Å². The number of benzene rings is 3. The van der Waals surface area contributed by atoms with E-state index in [2.05, 4.69) is 0 Å². The molecule has 0 atom stereocenters. The van der Waals surface area contributed by atoms with Crippen LogP contribution in [0.1, 0.15) is 32.0 Å². The van der Waals surface area contributed by atoms with E-state index in [0.29, 0.717) is 28.0 Å². The van der Waals surface area contributed by atoms with Crippen LogP contribution in [-0.2, 0) is 46.4 Å². The van der Waals surface area contributed by atoms with Crippen LogP contribution in [0.4, 0.5) is 4.79 Å². The summed E-state index contributed by atoms with van der Waals surface area (Å²) in [6, 6.07) is 18.0. The Balaban J connectivity index is 1.79. The number of sulfone groups is 1. The number of hydrogen-bond donors (Lipinski definition) is 0. The molecule has 46 heavy (non-hydrogen) atoms. The lowest BCUT2D eigenvalue weighted by Gasteiger charge is -2.24. The van der Waals surface area contributed by atoms with Crippen molar-refractivity contribution in [3.05, 3.63) is 84.1 Å². The number of hydrogen-bond acceptors (Lipinski definition) is 10. The van der Waals surface area contributed by atoms with E-state index in [9.17, 15) is 26.4 Å². The highest BCUT2D eigenvalue weighted by atomic mass is 32.2. The minimum atomic E-state index is -4.29. The van der Waals surface area contributed by atoms with Crippen molar-refractivity contribution in [3.8, 4) is 11.5 Å². The molecule has 12 nitrogen and oxygen atoms in total. The summed E-state index contributed by atoms with van der Waals surface area (Å²) in [7, 11) is -3.96. The van der Waals surface area contributed by atoms with E-state index in [-0.39, 0.29) is 21.2 Å². The zero-order valence-corrected chi connectivity index (χ0v) is 28.0. The highest BCUT2D eigenvalue weighted by Gasteiger charge is 2.31. The Morgan fingerprint density at radius 3 is 1.87 bits per heavy atom. The maximum atomic E-state index is 13.8. The number of nitrogens with zero attached hydrogens (tertiary/aromatic N) is 2. The molecule has 3 aromatic carbocycles. The first-order chi connectivity index (χ1) is 21.6. The van der Waals surface area contributed by atoms with Crippen LogP contribution >= 0.6 is 0 Å². The van der Waals surface area contributed by atoms with Crippen LogP contribution in [-0.4, -0.2) is 71.2 Å². The lowest BCUT2D eigenvalue weighted by Crippen LogP contribution is -2.37. The topological polar surface area (TPSA) is 148 Å². The molecule has 0 spiro atoms. The number of aromatic nitrogens is 1. The second kappa shape index (κ2) is 13.5. The molecule has 0 aliphatic heterocycles. The fourth-order valence-electron chi connectivity index (χ4n) is 4.65. The molecule has 0 aliphatic carbocycles. The number of rotatable bonds is 11. The Hall–Kier alpha value is -4.40. The van der Waals surface area contributed by atoms with Crippen molar-refractivity contribution in [1.82, 2.24) is 8.87 Å². The molecule has 0 unspecified atom stereocenters. The van der Waals surface area contributed by atoms with Crippen LogP contribution in [0.5, 0.6) is 11.5 Å². The molecule has 0 radical (unpaired) electrons. The summed E-state index contributed by atoms with van der Waals surface area (Å²) in [5, 5.41) is 0.461. The van der Waals surface area contributed by atoms with E-state index in [1.807, 2.05) is 0 Å². The smallest absolute Gasteiger partial charge is 0.419 e. The van der Waals surface area contributed by atoms with Crippen LogP contribution < -0.4 is 9.47 Å². The molecule has 0 saturated carbocycles. The summed E-state index contributed by atoms with van der Waals surface area (Å²) < 4.78 is 76.7. The molecule has 0 saturated heterocycles. The van der Waals surface area contributed by atoms with Crippen LogP contribution in [0, 0.1) is 0 Å². The summed E-state index contributed by atoms with van der Waals surface area (Å²) >= 11 is 0. The molecular formula is C32H36N2O10S2. The molecule has 0 bridgehead atoms. The molecule has 246 valence electrons. The fraction of sp³-hybridized carbons (Fsp3) is 0.312. The molecule has 0 amide bonds. The highest BCUT2D eigenvalue weighted by molar-refractivity contribution is 7.90. The first-order valence-electron chi connectivity index (χ1n) is 14.0. The van der Waals surface area contributed by atoms with E-state index in [4.69, 9.17) is 18.9 Å². The Morgan fingerprint density at radius 1 is 0.783 bits per heavy atom. The highest BCUT2D eigenvalue weighted by Crippen LogP contribution is 2.29. The molecule has 1 heterocycles. The average Bonchev–Trinajstić information content (AvgIpc) is 3.36. The largest absolute Gasteiger partial charge is 0.497 e. The average molecular weight is 673 g/mol. The minimum Gasteiger partial charge on any atom is -0.497 e. The normalized spacial score (nSPS) is 12.2. The number of carbonyl (C=O) groups is 2. The zero-order valence-electron chi connectivity index (χ0n) is 26.3. The Labute approximate surface area is 268 Å². The van der Waals surface area contributed by atoms with Crippen molar-refractivity contribution in [1.29, 1.82) is 0 Å². The number of carbonyl (C=O) groups excluding carboxylic acids is 2. The molecule has 0 aliphatic rings. The third-order valence-electron chi connectivity index (χ3n) is 6.86. The van der Waals surface area contributed by atoms with E-state index in [1.54, 1.807) is 57.2 Å². The third-order valence-corrected chi connectivity index (χ3v) is 10.4. The quantitative estimate of drug-likeness (QED) is 0.204. The number of esters is 1. The van der Waals surface area contributed by atoms with Crippen LogP contribution in [0.3, 0.4) is 0 Å². The zero-order chi connectivity index (χ0) is 33.9. The summed E-state index contributed by atoms with van der Waals surface area (Å²) in [5.41, 5.74) is 0.0849. The maximum Gasteiger partial charge on any atom is 0.419 e. The molecule has 0 N–H and O–H groups in total. The van der Waals surface area contributed by atoms with Gasteiger partial charge in [-0.1, -0.05) is 6.07 Å². The van der Waals surface area contributed by atoms with Crippen molar-refractivity contribution in [2.24, 2.45) is 0 Å². The van der Waals surface area contributed by atoms with Gasteiger partial charge in [0.2, 0.25) is 10.0 Å². The third kappa shape index (κ3) is 7.87. The standard InChI is InChI=1S/C32H36N2O10S2/c1-32(2,3)44-31(36)34-24(19-33(20-30(35)43-6)46(39,40)28-14-10-26(42-5)11-15-28)18-23-17-22(7-16-29(23)34)21-45(37,38)27-12-8-25(41-4)9-13-27/h7-18H,19-21H2,1-6H3. The predicted molar refractivity (Wildman–Crippen MR) is 170 cm³/mol. The molecule has 0 fully saturated rings. The Morgan fingerprint density at radius 2 is 1.35 bits per heavy atom. The van der Waals surface area contributed by atoms with E-state index >= 15 is 0 Å². The SMILES string of the molecule is COC(=O)CN(Cc1cc2cc(CS(=O)(=O)c3ccc(OC)cc3)ccc2n1C(=O)OC(C)(C)C)S(=O)(=O)c1ccc(OC)cc1. The number of methoxy groups -OCH3 is 3. The lowest BCUT2D eigenvalue weighted by atomic mass is 10.2. The molecule has 14 heteroatoms. The second-order valence-electron chi connectivity index (χ2n) is 11.3. The lowest BCUT2D eigenvalue weighted by molar-refractivity contribution is -0.140. The van der Waals surface area contributed by atoms with Gasteiger partial charge in [-0.25, -0.2) is 26.2 Å². The number of sulfonamides is 1. The van der Waals surface area contributed by atoms with Crippen molar-refractivity contribution < 1.29 is 45.4 Å². The summed E-state index contributed by atoms with van der Waals surface area (Å²) in [4.78, 5) is 25.9. The monoisotopic (exact) mass is 672 g/mol. The van der Waals surface area contributed by atoms with E-state index in [1.165, 1.54) is 55.2 Å². The fourth-order valence-corrected chi connectivity index (χ4v) is 7.34. The Kier molecular flexibility index (Phi) is 10.1.